The molecule has 2 amide bonds. The number of hydrogen-bond donors (Lipinski definition) is 2. The Morgan fingerprint density at radius 2 is 1.12 bits per heavy atom. The van der Waals surface area contributed by atoms with Crippen molar-refractivity contribution in [3.8, 4) is 0 Å². The third kappa shape index (κ3) is 2.16. The highest BCUT2D eigenvalue weighted by Gasteiger charge is 2.29. The van der Waals surface area contributed by atoms with Gasteiger partial charge in [-0.05, 0) is 36.4 Å². The van der Waals surface area contributed by atoms with Gasteiger partial charge in [0.05, 0.1) is 11.4 Å². The van der Waals surface area contributed by atoms with Gasteiger partial charge < -0.3 is 10.6 Å². The van der Waals surface area contributed by atoms with Gasteiger partial charge in [-0.1, -0.05) is 0 Å². The lowest BCUT2D eigenvalue weighted by Crippen LogP contribution is -2.16. The van der Waals surface area contributed by atoms with Crippen molar-refractivity contribution < 1.29 is 18.4 Å². The van der Waals surface area contributed by atoms with Gasteiger partial charge >= 0.3 is 0 Å². The van der Waals surface area contributed by atoms with Crippen molar-refractivity contribution >= 4 is 34.6 Å². The largest absolute Gasteiger partial charge is 0.320 e. The van der Waals surface area contributed by atoms with Crippen LogP contribution in [0.1, 0.15) is 11.1 Å². The van der Waals surface area contributed by atoms with Crippen LogP contribution in [0.2, 0.25) is 0 Å². The second kappa shape index (κ2) is 5.05. The molecule has 0 unspecified atom stereocenters. The molecule has 2 N–H and O–H groups in total. The fourth-order valence-corrected chi connectivity index (χ4v) is 2.55. The van der Waals surface area contributed by atoms with Crippen LogP contribution in [-0.2, 0) is 9.59 Å². The van der Waals surface area contributed by atoms with E-state index in [1.807, 2.05) is 0 Å². The summed E-state index contributed by atoms with van der Waals surface area (Å²) >= 11 is 0. The summed E-state index contributed by atoms with van der Waals surface area (Å²) in [5, 5.41) is 12.6. The van der Waals surface area contributed by atoms with Crippen molar-refractivity contribution in [2.45, 2.75) is 0 Å². The highest BCUT2D eigenvalue weighted by Crippen LogP contribution is 2.26. The van der Waals surface area contributed by atoms with Crippen molar-refractivity contribution in [3.63, 3.8) is 0 Å². The molecule has 2 aromatic rings. The molecule has 2 aliphatic heterocycles. The third-order valence-corrected chi connectivity index (χ3v) is 3.65. The monoisotopic (exact) mass is 326 g/mol. The molecule has 0 aromatic heterocycles. The highest BCUT2D eigenvalue weighted by atomic mass is 19.1. The van der Waals surface area contributed by atoms with Gasteiger partial charge in [0.1, 0.15) is 11.6 Å². The van der Waals surface area contributed by atoms with Crippen LogP contribution >= 0.6 is 0 Å². The number of nitrogens with zero attached hydrogens (tertiary/aromatic N) is 2. The second-order valence-corrected chi connectivity index (χ2v) is 5.19. The van der Waals surface area contributed by atoms with E-state index < -0.39 is 23.4 Å². The van der Waals surface area contributed by atoms with Crippen LogP contribution in [0.25, 0.3) is 0 Å². The van der Waals surface area contributed by atoms with Gasteiger partial charge in [0.25, 0.3) is 11.8 Å². The Bertz CT molecular complexity index is 903. The lowest BCUT2D eigenvalue weighted by molar-refractivity contribution is -0.111. The average Bonchev–Trinajstić information content (AvgIpc) is 3.01. The molecule has 0 radical (unpaired) electrons. The van der Waals surface area contributed by atoms with E-state index in [-0.39, 0.29) is 22.6 Å². The minimum Gasteiger partial charge on any atom is -0.320 e. The van der Waals surface area contributed by atoms with Crippen molar-refractivity contribution in [1.82, 2.24) is 0 Å². The number of nitrogens with one attached hydrogen (secondary N) is 2. The lowest BCUT2D eigenvalue weighted by atomic mass is 10.1. The first-order chi connectivity index (χ1) is 11.5. The molecular weight excluding hydrogens is 318 g/mol. The summed E-state index contributed by atoms with van der Waals surface area (Å²) in [5.74, 6) is -2.18. The number of carbonyl (C=O) groups excluding carboxylic acids is 2. The van der Waals surface area contributed by atoms with Crippen LogP contribution in [0.4, 0.5) is 20.2 Å². The summed E-state index contributed by atoms with van der Waals surface area (Å²) in [5.41, 5.74) is 1.08. The zero-order valence-corrected chi connectivity index (χ0v) is 11.9. The number of anilines is 2. The summed E-state index contributed by atoms with van der Waals surface area (Å²) in [6.45, 7) is 0. The maximum absolute atomic E-state index is 13.4. The van der Waals surface area contributed by atoms with E-state index in [4.69, 9.17) is 0 Å². The first-order valence-electron chi connectivity index (χ1n) is 6.91. The van der Waals surface area contributed by atoms with Crippen LogP contribution in [0.15, 0.2) is 46.6 Å². The second-order valence-electron chi connectivity index (χ2n) is 5.19. The smallest absolute Gasteiger partial charge is 0.276 e. The number of hydrogen-bond acceptors (Lipinski definition) is 4. The zero-order valence-electron chi connectivity index (χ0n) is 11.9. The molecule has 0 saturated heterocycles. The summed E-state index contributed by atoms with van der Waals surface area (Å²) in [6.07, 6.45) is 0. The molecule has 118 valence electrons. The Kier molecular flexibility index (Phi) is 2.99. The normalized spacial score (nSPS) is 18.6. The fraction of sp³-hybridized carbons (Fsp3) is 0. The molecule has 4 rings (SSSR count). The maximum Gasteiger partial charge on any atom is 0.276 e. The van der Waals surface area contributed by atoms with Crippen LogP contribution in [0.5, 0.6) is 0 Å². The topological polar surface area (TPSA) is 82.9 Å². The van der Waals surface area contributed by atoms with E-state index >= 15 is 0 Å². The van der Waals surface area contributed by atoms with Gasteiger partial charge in [0.2, 0.25) is 0 Å². The van der Waals surface area contributed by atoms with Crippen LogP contribution < -0.4 is 10.6 Å². The van der Waals surface area contributed by atoms with Gasteiger partial charge in [-0.15, -0.1) is 10.2 Å². The van der Waals surface area contributed by atoms with Crippen molar-refractivity contribution in [3.05, 3.63) is 59.2 Å². The van der Waals surface area contributed by atoms with Gasteiger partial charge in [0, 0.05) is 11.1 Å². The van der Waals surface area contributed by atoms with Crippen molar-refractivity contribution in [2.24, 2.45) is 10.2 Å². The lowest BCUT2D eigenvalue weighted by Gasteiger charge is -1.97. The molecule has 6 nitrogen and oxygen atoms in total. The van der Waals surface area contributed by atoms with Crippen LogP contribution in [0.3, 0.4) is 0 Å². The van der Waals surface area contributed by atoms with E-state index in [0.29, 0.717) is 11.4 Å². The first kappa shape index (κ1) is 14.2. The van der Waals surface area contributed by atoms with E-state index in [0.717, 1.165) is 12.1 Å². The number of carbonyl (C=O) groups is 2. The minimum atomic E-state index is -0.558. The van der Waals surface area contributed by atoms with E-state index in [1.165, 1.54) is 24.3 Å². The molecule has 2 heterocycles. The maximum atomic E-state index is 13.4. The quantitative estimate of drug-likeness (QED) is 0.786. The number of halogens is 2. The van der Waals surface area contributed by atoms with E-state index in [2.05, 4.69) is 20.8 Å². The standard InChI is InChI=1S/C16H8F2N4O2/c17-7-1-3-11-9(5-7)13(15(23)19-11)21-22-14-10-6-8(18)2-4-12(10)20-16(14)24/h1-6H,(H,19,21,23)(H,20,22,24). The molecular formula is C16H8F2N4O2. The molecule has 0 atom stereocenters. The van der Waals surface area contributed by atoms with Gasteiger partial charge in [-0.3, -0.25) is 9.59 Å². The predicted molar refractivity (Wildman–Crippen MR) is 83.1 cm³/mol. The minimum absolute atomic E-state index is 0.116. The number of benzene rings is 2. The third-order valence-electron chi connectivity index (χ3n) is 3.65. The fourth-order valence-electron chi connectivity index (χ4n) is 2.55. The molecule has 2 aliphatic rings. The number of fused-ring (bicyclic) bond motifs is 2. The number of amides is 2. The summed E-state index contributed by atoms with van der Waals surface area (Å²) in [7, 11) is 0. The van der Waals surface area contributed by atoms with Gasteiger partial charge in [0.15, 0.2) is 11.4 Å². The molecule has 24 heavy (non-hydrogen) atoms. The highest BCUT2D eigenvalue weighted by molar-refractivity contribution is 6.55. The van der Waals surface area contributed by atoms with Crippen LogP contribution in [0, 0.1) is 11.6 Å². The molecule has 0 aliphatic carbocycles. The first-order valence-corrected chi connectivity index (χ1v) is 6.91. The van der Waals surface area contributed by atoms with Crippen molar-refractivity contribution in [1.29, 1.82) is 0 Å². The summed E-state index contributed by atoms with van der Waals surface area (Å²) < 4.78 is 26.7. The molecule has 2 aromatic carbocycles. The number of rotatable bonds is 1. The Labute approximate surface area is 133 Å². The van der Waals surface area contributed by atoms with Gasteiger partial charge in [-0.2, -0.15) is 0 Å². The molecule has 8 heteroatoms. The van der Waals surface area contributed by atoms with Gasteiger partial charge in [-0.25, -0.2) is 8.78 Å². The summed E-state index contributed by atoms with van der Waals surface area (Å²) in [6, 6.07) is 7.52. The molecule has 0 fully saturated rings. The SMILES string of the molecule is O=C1Nc2ccc(F)cc2/C1=N/N=C1\C(=O)Nc2ccc(F)cc21. The van der Waals surface area contributed by atoms with E-state index in [9.17, 15) is 18.4 Å². The molecule has 0 saturated carbocycles. The predicted octanol–water partition coefficient (Wildman–Crippen LogP) is 2.06. The Morgan fingerprint density at radius 3 is 1.54 bits per heavy atom. The Hall–Kier alpha value is -3.42. The van der Waals surface area contributed by atoms with Crippen LogP contribution in [-0.4, -0.2) is 23.2 Å². The average molecular weight is 326 g/mol. The molecule has 0 spiro atoms. The van der Waals surface area contributed by atoms with Crippen molar-refractivity contribution in [2.75, 3.05) is 10.6 Å². The Balaban J connectivity index is 1.80. The van der Waals surface area contributed by atoms with E-state index in [1.54, 1.807) is 0 Å². The zero-order chi connectivity index (χ0) is 16.8. The Morgan fingerprint density at radius 1 is 0.708 bits per heavy atom. The summed E-state index contributed by atoms with van der Waals surface area (Å²) in [4.78, 5) is 23.9. The molecule has 0 bridgehead atoms.